The molecule has 1 aliphatic rings. The largest absolute Gasteiger partial charge is 0.465 e. The van der Waals surface area contributed by atoms with E-state index in [0.717, 1.165) is 0 Å². The smallest absolute Gasteiger partial charge is 0.338 e. The average Bonchev–Trinajstić information content (AvgIpc) is 3.09. The molecule has 0 aliphatic carbocycles. The zero-order chi connectivity index (χ0) is 15.5. The second-order valence-corrected chi connectivity index (χ2v) is 4.69. The Kier molecular flexibility index (Phi) is 3.78. The van der Waals surface area contributed by atoms with E-state index in [2.05, 4.69) is 9.97 Å². The number of fused-ring (bicyclic) bond motifs is 1. The van der Waals surface area contributed by atoms with Crippen LogP contribution in [0, 0.1) is 0 Å². The molecule has 1 aliphatic heterocycles. The van der Waals surface area contributed by atoms with Gasteiger partial charge in [-0.05, 0) is 25.1 Å². The number of benzene rings is 1. The highest BCUT2D eigenvalue weighted by Gasteiger charge is 2.16. The van der Waals surface area contributed by atoms with Gasteiger partial charge in [-0.15, -0.1) is 0 Å². The van der Waals surface area contributed by atoms with E-state index < -0.39 is 11.9 Å². The minimum absolute atomic E-state index is 0.0375. The van der Waals surface area contributed by atoms with Crippen LogP contribution in [0.15, 0.2) is 29.8 Å². The molecule has 0 spiro atoms. The number of ether oxygens (including phenoxy) is 3. The summed E-state index contributed by atoms with van der Waals surface area (Å²) in [5, 5.41) is 0. The van der Waals surface area contributed by atoms with E-state index in [1.807, 2.05) is 6.92 Å². The topological polar surface area (TPSA) is 90.5 Å². The molecule has 1 aromatic carbocycles. The number of cyclic esters (lactones) is 1. The summed E-state index contributed by atoms with van der Waals surface area (Å²) in [5.74, 6) is -0.886. The van der Waals surface area contributed by atoms with Gasteiger partial charge in [-0.25, -0.2) is 9.59 Å². The number of aromatic amines is 1. The number of hydrogen-bond acceptors (Lipinski definition) is 6. The molecule has 0 saturated heterocycles. The van der Waals surface area contributed by atoms with Crippen molar-refractivity contribution < 1.29 is 23.8 Å². The molecule has 114 valence electrons. The molecule has 0 amide bonds. The predicted octanol–water partition coefficient (Wildman–Crippen LogP) is 1.60. The average molecular weight is 302 g/mol. The maximum absolute atomic E-state index is 12.0. The molecule has 0 saturated carbocycles. The van der Waals surface area contributed by atoms with Gasteiger partial charge in [0.05, 0.1) is 23.2 Å². The zero-order valence-electron chi connectivity index (χ0n) is 11.9. The van der Waals surface area contributed by atoms with Gasteiger partial charge in [0.2, 0.25) is 0 Å². The normalized spacial score (nSPS) is 13.9. The van der Waals surface area contributed by atoms with Crippen molar-refractivity contribution >= 4 is 23.0 Å². The number of carbonyl (C=O) groups excluding carboxylic acids is 2. The molecule has 7 nitrogen and oxygen atoms in total. The summed E-state index contributed by atoms with van der Waals surface area (Å²) < 4.78 is 15.2. The van der Waals surface area contributed by atoms with Crippen molar-refractivity contribution in [1.82, 2.24) is 9.97 Å². The lowest BCUT2D eigenvalue weighted by molar-refractivity contribution is -0.134. The third kappa shape index (κ3) is 2.93. The Balaban J connectivity index is 1.70. The molecule has 7 heteroatoms. The van der Waals surface area contributed by atoms with E-state index >= 15 is 0 Å². The number of esters is 2. The van der Waals surface area contributed by atoms with Crippen LogP contribution in [0.5, 0.6) is 6.01 Å². The van der Waals surface area contributed by atoms with Gasteiger partial charge in [-0.3, -0.25) is 0 Å². The number of H-pyrrole nitrogens is 1. The number of nitrogens with zero attached hydrogens (tertiary/aromatic N) is 1. The molecule has 0 radical (unpaired) electrons. The SMILES string of the molecule is CCOc1nc2ccc(C(=O)OCC3=CC(=O)OC3)cc2[nH]1. The first kappa shape index (κ1) is 14.1. The second kappa shape index (κ2) is 5.88. The van der Waals surface area contributed by atoms with Crippen LogP contribution in [0.1, 0.15) is 17.3 Å². The first-order chi connectivity index (χ1) is 10.7. The first-order valence-electron chi connectivity index (χ1n) is 6.81. The third-order valence-corrected chi connectivity index (χ3v) is 3.09. The maximum Gasteiger partial charge on any atom is 0.338 e. The summed E-state index contributed by atoms with van der Waals surface area (Å²) in [6, 6.07) is 5.41. The summed E-state index contributed by atoms with van der Waals surface area (Å²) >= 11 is 0. The second-order valence-electron chi connectivity index (χ2n) is 4.69. The molecule has 1 N–H and O–H groups in total. The van der Waals surface area contributed by atoms with E-state index in [9.17, 15) is 9.59 Å². The number of nitrogens with one attached hydrogen (secondary N) is 1. The monoisotopic (exact) mass is 302 g/mol. The Morgan fingerprint density at radius 2 is 2.32 bits per heavy atom. The van der Waals surface area contributed by atoms with Gasteiger partial charge < -0.3 is 19.2 Å². The van der Waals surface area contributed by atoms with Crippen LogP contribution in [0.4, 0.5) is 0 Å². The van der Waals surface area contributed by atoms with Gasteiger partial charge in [0, 0.05) is 11.6 Å². The zero-order valence-corrected chi connectivity index (χ0v) is 11.9. The summed E-state index contributed by atoms with van der Waals surface area (Å²) in [4.78, 5) is 30.1. The van der Waals surface area contributed by atoms with Crippen molar-refractivity contribution in [2.45, 2.75) is 6.92 Å². The molecule has 2 heterocycles. The molecule has 1 aromatic heterocycles. The highest BCUT2D eigenvalue weighted by atomic mass is 16.5. The van der Waals surface area contributed by atoms with Crippen LogP contribution >= 0.6 is 0 Å². The highest BCUT2D eigenvalue weighted by Crippen LogP contribution is 2.18. The molecule has 0 atom stereocenters. The summed E-state index contributed by atoms with van der Waals surface area (Å²) in [5.41, 5.74) is 2.43. The van der Waals surface area contributed by atoms with Crippen molar-refractivity contribution in [2.24, 2.45) is 0 Å². The summed E-state index contributed by atoms with van der Waals surface area (Å²) in [6.07, 6.45) is 1.33. The molecule has 0 bridgehead atoms. The van der Waals surface area contributed by atoms with Crippen LogP contribution in [0.3, 0.4) is 0 Å². The van der Waals surface area contributed by atoms with Crippen LogP contribution in [0.25, 0.3) is 11.0 Å². The van der Waals surface area contributed by atoms with Gasteiger partial charge in [0.15, 0.2) is 0 Å². The fraction of sp³-hybridized carbons (Fsp3) is 0.267. The Labute approximate surface area is 125 Å². The maximum atomic E-state index is 12.0. The summed E-state index contributed by atoms with van der Waals surface area (Å²) in [7, 11) is 0. The Bertz CT molecular complexity index is 762. The number of imidazole rings is 1. The Morgan fingerprint density at radius 3 is 3.05 bits per heavy atom. The van der Waals surface area contributed by atoms with Gasteiger partial charge in [-0.1, -0.05) is 0 Å². The van der Waals surface area contributed by atoms with Crippen LogP contribution in [0.2, 0.25) is 0 Å². The number of hydrogen-bond donors (Lipinski definition) is 1. The van der Waals surface area contributed by atoms with Crippen LogP contribution < -0.4 is 4.74 Å². The van der Waals surface area contributed by atoms with E-state index in [1.165, 1.54) is 6.08 Å². The quantitative estimate of drug-likeness (QED) is 0.844. The number of carbonyl (C=O) groups is 2. The van der Waals surface area contributed by atoms with Crippen molar-refractivity contribution in [3.8, 4) is 6.01 Å². The van der Waals surface area contributed by atoms with Gasteiger partial charge >= 0.3 is 11.9 Å². The lowest BCUT2D eigenvalue weighted by Crippen LogP contribution is -2.08. The fourth-order valence-electron chi connectivity index (χ4n) is 2.06. The molecule has 0 fully saturated rings. The van der Waals surface area contributed by atoms with E-state index in [-0.39, 0.29) is 13.2 Å². The van der Waals surface area contributed by atoms with Crippen LogP contribution in [-0.4, -0.2) is 41.7 Å². The standard InChI is InChI=1S/C15H14N2O5/c1-2-20-15-16-11-4-3-10(6-12(11)17-15)14(19)22-8-9-5-13(18)21-7-9/h3-6H,2,7-8H2,1H3,(H,16,17). The van der Waals surface area contributed by atoms with Crippen molar-refractivity contribution in [3.63, 3.8) is 0 Å². The minimum Gasteiger partial charge on any atom is -0.465 e. The van der Waals surface area contributed by atoms with Crippen LogP contribution in [-0.2, 0) is 14.3 Å². The lowest BCUT2D eigenvalue weighted by atomic mass is 10.2. The molecule has 22 heavy (non-hydrogen) atoms. The fourth-order valence-corrected chi connectivity index (χ4v) is 2.06. The van der Waals surface area contributed by atoms with Gasteiger partial charge in [0.25, 0.3) is 6.01 Å². The summed E-state index contributed by atoms with van der Waals surface area (Å²) in [6.45, 7) is 2.58. The lowest BCUT2D eigenvalue weighted by Gasteiger charge is -2.04. The Hall–Kier alpha value is -2.83. The number of rotatable bonds is 5. The van der Waals surface area contributed by atoms with Crippen molar-refractivity contribution in [3.05, 3.63) is 35.4 Å². The van der Waals surface area contributed by atoms with Crippen molar-refractivity contribution in [1.29, 1.82) is 0 Å². The van der Waals surface area contributed by atoms with E-state index in [4.69, 9.17) is 14.2 Å². The highest BCUT2D eigenvalue weighted by molar-refractivity contribution is 5.94. The molecule has 3 rings (SSSR count). The first-order valence-corrected chi connectivity index (χ1v) is 6.81. The van der Waals surface area contributed by atoms with E-state index in [0.29, 0.717) is 34.8 Å². The molecule has 2 aromatic rings. The minimum atomic E-state index is -0.477. The number of aromatic nitrogens is 2. The molecule has 0 unspecified atom stereocenters. The van der Waals surface area contributed by atoms with Crippen molar-refractivity contribution in [2.75, 3.05) is 19.8 Å². The Morgan fingerprint density at radius 1 is 1.45 bits per heavy atom. The van der Waals surface area contributed by atoms with Gasteiger partial charge in [-0.2, -0.15) is 4.98 Å². The molecular formula is C15H14N2O5. The third-order valence-electron chi connectivity index (χ3n) is 3.09. The molecular weight excluding hydrogens is 288 g/mol. The van der Waals surface area contributed by atoms with E-state index in [1.54, 1.807) is 18.2 Å². The van der Waals surface area contributed by atoms with Gasteiger partial charge in [0.1, 0.15) is 13.2 Å². The predicted molar refractivity (Wildman–Crippen MR) is 76.6 cm³/mol.